The predicted octanol–water partition coefficient (Wildman–Crippen LogP) is 2.53. The SMILES string of the molecule is Cc1ccc2nnc(C3CCN(C(=O)c4sc(C)nc4C)CC3)n2n1. The molecule has 8 heteroatoms. The van der Waals surface area contributed by atoms with Crippen molar-refractivity contribution in [3.05, 3.63) is 39.2 Å². The number of likely N-dealkylation sites (tertiary alicyclic amines) is 1. The molecule has 0 aromatic carbocycles. The molecule has 0 unspecified atom stereocenters. The van der Waals surface area contributed by atoms with Gasteiger partial charge in [-0.3, -0.25) is 4.79 Å². The molecule has 4 rings (SSSR count). The lowest BCUT2D eigenvalue weighted by Crippen LogP contribution is -2.38. The topological polar surface area (TPSA) is 76.3 Å². The van der Waals surface area contributed by atoms with Gasteiger partial charge in [-0.25, -0.2) is 4.98 Å². The minimum Gasteiger partial charge on any atom is -0.338 e. The molecular formula is C17H20N6OS. The number of aromatic nitrogens is 5. The molecule has 0 spiro atoms. The number of thiazole rings is 1. The first kappa shape index (κ1) is 16.1. The molecule has 25 heavy (non-hydrogen) atoms. The molecule has 0 radical (unpaired) electrons. The highest BCUT2D eigenvalue weighted by molar-refractivity contribution is 7.13. The number of nitrogens with zero attached hydrogens (tertiary/aromatic N) is 6. The first-order chi connectivity index (χ1) is 12.0. The third-order valence-corrected chi connectivity index (χ3v) is 5.73. The van der Waals surface area contributed by atoms with Crippen LogP contribution in [0.2, 0.25) is 0 Å². The van der Waals surface area contributed by atoms with Crippen molar-refractivity contribution < 1.29 is 4.79 Å². The minimum absolute atomic E-state index is 0.0987. The summed E-state index contributed by atoms with van der Waals surface area (Å²) in [5, 5.41) is 14.0. The van der Waals surface area contributed by atoms with Gasteiger partial charge >= 0.3 is 0 Å². The molecule has 4 heterocycles. The number of piperidine rings is 1. The molecule has 1 amide bonds. The summed E-state index contributed by atoms with van der Waals surface area (Å²) in [5.41, 5.74) is 2.55. The van der Waals surface area contributed by atoms with E-state index >= 15 is 0 Å². The van der Waals surface area contributed by atoms with Gasteiger partial charge in [0, 0.05) is 19.0 Å². The lowest BCUT2D eigenvalue weighted by Gasteiger charge is -2.30. The molecule has 0 atom stereocenters. The van der Waals surface area contributed by atoms with Crippen LogP contribution in [0.25, 0.3) is 5.65 Å². The summed E-state index contributed by atoms with van der Waals surface area (Å²) in [5.74, 6) is 1.27. The quantitative estimate of drug-likeness (QED) is 0.705. The zero-order chi connectivity index (χ0) is 17.6. The summed E-state index contributed by atoms with van der Waals surface area (Å²) >= 11 is 1.48. The number of carbonyl (C=O) groups excluding carboxylic acids is 1. The molecule has 0 aliphatic carbocycles. The summed E-state index contributed by atoms with van der Waals surface area (Å²) < 4.78 is 1.84. The molecule has 130 valence electrons. The average Bonchev–Trinajstić information content (AvgIpc) is 3.16. The van der Waals surface area contributed by atoms with E-state index in [9.17, 15) is 4.79 Å². The van der Waals surface area contributed by atoms with Gasteiger partial charge in [-0.15, -0.1) is 21.5 Å². The highest BCUT2D eigenvalue weighted by Crippen LogP contribution is 2.29. The van der Waals surface area contributed by atoms with Crippen LogP contribution in [0.1, 0.15) is 50.7 Å². The van der Waals surface area contributed by atoms with Crippen LogP contribution in [0.3, 0.4) is 0 Å². The van der Waals surface area contributed by atoms with E-state index in [1.54, 1.807) is 0 Å². The van der Waals surface area contributed by atoms with E-state index in [1.807, 2.05) is 42.3 Å². The fraction of sp³-hybridized carbons (Fsp3) is 0.471. The maximum Gasteiger partial charge on any atom is 0.265 e. The summed E-state index contributed by atoms with van der Waals surface area (Å²) in [7, 11) is 0. The van der Waals surface area contributed by atoms with Crippen molar-refractivity contribution in [3.63, 3.8) is 0 Å². The predicted molar refractivity (Wildman–Crippen MR) is 95.0 cm³/mol. The maximum atomic E-state index is 12.7. The van der Waals surface area contributed by atoms with Gasteiger partial charge in [0.1, 0.15) is 4.88 Å². The van der Waals surface area contributed by atoms with Crippen LogP contribution in [0.4, 0.5) is 0 Å². The first-order valence-electron chi connectivity index (χ1n) is 8.45. The lowest BCUT2D eigenvalue weighted by molar-refractivity contribution is 0.0714. The third kappa shape index (κ3) is 2.90. The van der Waals surface area contributed by atoms with Gasteiger partial charge in [-0.05, 0) is 45.7 Å². The fourth-order valence-electron chi connectivity index (χ4n) is 3.37. The van der Waals surface area contributed by atoms with Crippen LogP contribution in [0.15, 0.2) is 12.1 Å². The Morgan fingerprint density at radius 2 is 1.92 bits per heavy atom. The molecule has 0 N–H and O–H groups in total. The molecule has 3 aromatic heterocycles. The van der Waals surface area contributed by atoms with Crippen molar-refractivity contribution in [1.82, 2.24) is 29.7 Å². The average molecular weight is 356 g/mol. The highest BCUT2D eigenvalue weighted by Gasteiger charge is 2.29. The number of hydrogen-bond acceptors (Lipinski definition) is 6. The molecule has 1 aliphatic heterocycles. The molecule has 1 saturated heterocycles. The molecule has 1 aliphatic rings. The van der Waals surface area contributed by atoms with Crippen LogP contribution in [-0.4, -0.2) is 48.7 Å². The van der Waals surface area contributed by atoms with E-state index in [2.05, 4.69) is 20.3 Å². The van der Waals surface area contributed by atoms with Crippen molar-refractivity contribution in [2.24, 2.45) is 0 Å². The number of amides is 1. The Kier molecular flexibility index (Phi) is 3.99. The summed E-state index contributed by atoms with van der Waals surface area (Å²) in [6.07, 6.45) is 1.75. The Morgan fingerprint density at radius 1 is 1.16 bits per heavy atom. The second kappa shape index (κ2) is 6.18. The number of aryl methyl sites for hydroxylation is 3. The molecule has 7 nitrogen and oxygen atoms in total. The standard InChI is InChI=1S/C17H20N6OS/c1-10-4-5-14-19-20-16(23(14)21-10)13-6-8-22(9-7-13)17(24)15-11(2)18-12(3)25-15/h4-5,13H,6-9H2,1-3H3. The smallest absolute Gasteiger partial charge is 0.265 e. The van der Waals surface area contributed by atoms with Gasteiger partial charge in [0.25, 0.3) is 5.91 Å². The van der Waals surface area contributed by atoms with Crippen molar-refractivity contribution in [2.45, 2.75) is 39.5 Å². The largest absolute Gasteiger partial charge is 0.338 e. The summed E-state index contributed by atoms with van der Waals surface area (Å²) in [6, 6.07) is 3.88. The lowest BCUT2D eigenvalue weighted by atomic mass is 9.96. The van der Waals surface area contributed by atoms with Crippen molar-refractivity contribution in [3.8, 4) is 0 Å². The number of carbonyl (C=O) groups is 1. The Morgan fingerprint density at radius 3 is 2.60 bits per heavy atom. The third-order valence-electron chi connectivity index (χ3n) is 4.67. The van der Waals surface area contributed by atoms with E-state index in [-0.39, 0.29) is 11.8 Å². The highest BCUT2D eigenvalue weighted by atomic mass is 32.1. The van der Waals surface area contributed by atoms with Crippen LogP contribution < -0.4 is 0 Å². The van der Waals surface area contributed by atoms with E-state index < -0.39 is 0 Å². The molecule has 0 saturated carbocycles. The van der Waals surface area contributed by atoms with Gasteiger partial charge in [-0.1, -0.05) is 0 Å². The van der Waals surface area contributed by atoms with Crippen molar-refractivity contribution in [2.75, 3.05) is 13.1 Å². The summed E-state index contributed by atoms with van der Waals surface area (Å²) in [4.78, 5) is 19.8. The number of rotatable bonds is 2. The monoisotopic (exact) mass is 356 g/mol. The molecular weight excluding hydrogens is 336 g/mol. The maximum absolute atomic E-state index is 12.7. The van der Waals surface area contributed by atoms with Gasteiger partial charge in [0.2, 0.25) is 0 Å². The normalized spacial score (nSPS) is 15.9. The Balaban J connectivity index is 1.50. The molecule has 3 aromatic rings. The van der Waals surface area contributed by atoms with Gasteiger partial charge in [0.05, 0.1) is 16.4 Å². The van der Waals surface area contributed by atoms with Crippen LogP contribution >= 0.6 is 11.3 Å². The Hall–Kier alpha value is -2.35. The van der Waals surface area contributed by atoms with Gasteiger partial charge in [0.15, 0.2) is 11.5 Å². The first-order valence-corrected chi connectivity index (χ1v) is 9.27. The zero-order valence-corrected chi connectivity index (χ0v) is 15.4. The minimum atomic E-state index is 0.0987. The number of fused-ring (bicyclic) bond motifs is 1. The Labute approximate surface area is 149 Å². The van der Waals surface area contributed by atoms with E-state index in [0.717, 1.165) is 58.7 Å². The van der Waals surface area contributed by atoms with Gasteiger partial charge < -0.3 is 4.90 Å². The van der Waals surface area contributed by atoms with Crippen LogP contribution in [-0.2, 0) is 0 Å². The number of hydrogen-bond donors (Lipinski definition) is 0. The van der Waals surface area contributed by atoms with E-state index in [1.165, 1.54) is 11.3 Å². The van der Waals surface area contributed by atoms with Crippen molar-refractivity contribution in [1.29, 1.82) is 0 Å². The second-order valence-electron chi connectivity index (χ2n) is 6.52. The van der Waals surface area contributed by atoms with E-state index in [0.29, 0.717) is 0 Å². The Bertz CT molecular complexity index is 938. The van der Waals surface area contributed by atoms with E-state index in [4.69, 9.17) is 0 Å². The second-order valence-corrected chi connectivity index (χ2v) is 7.72. The van der Waals surface area contributed by atoms with Crippen molar-refractivity contribution >= 4 is 22.9 Å². The van der Waals surface area contributed by atoms with Gasteiger partial charge in [-0.2, -0.15) is 9.61 Å². The van der Waals surface area contributed by atoms with Crippen LogP contribution in [0, 0.1) is 20.8 Å². The fourth-order valence-corrected chi connectivity index (χ4v) is 4.25. The molecule has 1 fully saturated rings. The van der Waals surface area contributed by atoms with Crippen LogP contribution in [0.5, 0.6) is 0 Å². The summed E-state index contributed by atoms with van der Waals surface area (Å²) in [6.45, 7) is 7.25. The zero-order valence-electron chi connectivity index (χ0n) is 14.6. The molecule has 0 bridgehead atoms.